The van der Waals surface area contributed by atoms with Crippen LogP contribution in [0.5, 0.6) is 11.5 Å². The predicted octanol–water partition coefficient (Wildman–Crippen LogP) is 2.29. The molecule has 0 bridgehead atoms. The molecule has 86 valence electrons. The van der Waals surface area contributed by atoms with E-state index in [1.165, 1.54) is 0 Å². The number of nitrogens with one attached hydrogen (secondary N) is 1. The molecule has 1 aliphatic heterocycles. The fraction of sp³-hybridized carbons (Fsp3) is 0.143. The van der Waals surface area contributed by atoms with E-state index >= 15 is 0 Å². The third kappa shape index (κ3) is 1.65. The normalized spacial score (nSPS) is 18.0. The molecule has 0 radical (unpaired) electrons. The van der Waals surface area contributed by atoms with Crippen LogP contribution in [0.25, 0.3) is 0 Å². The Morgan fingerprint density at radius 2 is 1.76 bits per heavy atom. The molecule has 0 aromatic heterocycles. The van der Waals surface area contributed by atoms with Crippen molar-refractivity contribution in [1.29, 1.82) is 0 Å². The van der Waals surface area contributed by atoms with Crippen LogP contribution in [0.15, 0.2) is 42.5 Å². The van der Waals surface area contributed by atoms with Gasteiger partial charge in [0.2, 0.25) is 0 Å². The maximum atomic E-state index is 9.93. The third-order valence-electron chi connectivity index (χ3n) is 3.19. The lowest BCUT2D eigenvalue weighted by Gasteiger charge is -2.13. The highest BCUT2D eigenvalue weighted by Crippen LogP contribution is 2.37. The number of phenols is 2. The van der Waals surface area contributed by atoms with E-state index in [0.29, 0.717) is 5.75 Å². The van der Waals surface area contributed by atoms with Gasteiger partial charge >= 0.3 is 0 Å². The topological polar surface area (TPSA) is 52.5 Å². The standard InChI is InChI=1S/C14H13NO2/c16-11-6-4-9(5-7-11)14-13-10(8-15-14)2-1-3-12(13)17/h1-7,14-17H,8H2. The molecule has 3 heteroatoms. The second kappa shape index (κ2) is 3.79. The molecule has 3 rings (SSSR count). The van der Waals surface area contributed by atoms with Crippen LogP contribution in [0, 0.1) is 0 Å². The van der Waals surface area contributed by atoms with E-state index in [9.17, 15) is 10.2 Å². The first-order chi connectivity index (χ1) is 8.25. The van der Waals surface area contributed by atoms with E-state index in [1.54, 1.807) is 18.2 Å². The molecular formula is C14H13NO2. The summed E-state index contributed by atoms with van der Waals surface area (Å²) < 4.78 is 0. The largest absolute Gasteiger partial charge is 0.508 e. The van der Waals surface area contributed by atoms with Crippen molar-refractivity contribution in [1.82, 2.24) is 5.32 Å². The molecule has 1 atom stereocenters. The van der Waals surface area contributed by atoms with Gasteiger partial charge in [0.25, 0.3) is 0 Å². The molecule has 0 amide bonds. The highest BCUT2D eigenvalue weighted by Gasteiger charge is 2.25. The molecular weight excluding hydrogens is 214 g/mol. The molecule has 0 spiro atoms. The van der Waals surface area contributed by atoms with Crippen LogP contribution in [0.2, 0.25) is 0 Å². The quantitative estimate of drug-likeness (QED) is 0.700. The Bertz CT molecular complexity index is 549. The average molecular weight is 227 g/mol. The first-order valence-electron chi connectivity index (χ1n) is 5.59. The van der Waals surface area contributed by atoms with Gasteiger partial charge in [0.05, 0.1) is 6.04 Å². The SMILES string of the molecule is Oc1ccc(C2NCc3cccc(O)c32)cc1. The van der Waals surface area contributed by atoms with Gasteiger partial charge in [-0.2, -0.15) is 0 Å². The maximum absolute atomic E-state index is 9.93. The predicted molar refractivity (Wildman–Crippen MR) is 64.9 cm³/mol. The summed E-state index contributed by atoms with van der Waals surface area (Å²) in [6.45, 7) is 0.759. The van der Waals surface area contributed by atoms with Gasteiger partial charge in [0, 0.05) is 12.1 Å². The summed E-state index contributed by atoms with van der Waals surface area (Å²) in [7, 11) is 0. The van der Waals surface area contributed by atoms with Crippen LogP contribution in [-0.4, -0.2) is 10.2 Å². The minimum absolute atomic E-state index is 0.00630. The van der Waals surface area contributed by atoms with Gasteiger partial charge in [-0.3, -0.25) is 0 Å². The Morgan fingerprint density at radius 3 is 2.53 bits per heavy atom. The summed E-state index contributed by atoms with van der Waals surface area (Å²) in [5, 5.41) is 22.6. The molecule has 0 aliphatic carbocycles. The molecule has 3 nitrogen and oxygen atoms in total. The highest BCUT2D eigenvalue weighted by molar-refractivity contribution is 5.49. The summed E-state index contributed by atoms with van der Waals surface area (Å²) in [5.41, 5.74) is 3.12. The molecule has 2 aromatic rings. The van der Waals surface area contributed by atoms with Crippen molar-refractivity contribution in [3.63, 3.8) is 0 Å². The fourth-order valence-corrected chi connectivity index (χ4v) is 2.35. The van der Waals surface area contributed by atoms with E-state index in [0.717, 1.165) is 23.2 Å². The minimum atomic E-state index is 0.00630. The lowest BCUT2D eigenvalue weighted by atomic mass is 9.97. The van der Waals surface area contributed by atoms with E-state index in [-0.39, 0.29) is 11.8 Å². The fourth-order valence-electron chi connectivity index (χ4n) is 2.35. The van der Waals surface area contributed by atoms with Gasteiger partial charge in [-0.1, -0.05) is 24.3 Å². The molecule has 1 aliphatic rings. The lowest BCUT2D eigenvalue weighted by molar-refractivity contribution is 0.464. The summed E-state index contributed by atoms with van der Waals surface area (Å²) in [6, 6.07) is 12.6. The van der Waals surface area contributed by atoms with Crippen LogP contribution < -0.4 is 5.32 Å². The lowest BCUT2D eigenvalue weighted by Crippen LogP contribution is -2.13. The molecule has 1 heterocycles. The number of hydrogen-bond acceptors (Lipinski definition) is 3. The molecule has 3 N–H and O–H groups in total. The molecule has 0 fully saturated rings. The van der Waals surface area contributed by atoms with Crippen LogP contribution in [-0.2, 0) is 6.54 Å². The van der Waals surface area contributed by atoms with E-state index < -0.39 is 0 Å². The van der Waals surface area contributed by atoms with Crippen molar-refractivity contribution >= 4 is 0 Å². The molecule has 1 unspecified atom stereocenters. The molecule has 0 saturated carbocycles. The number of rotatable bonds is 1. The van der Waals surface area contributed by atoms with Gasteiger partial charge in [-0.25, -0.2) is 0 Å². The monoisotopic (exact) mass is 227 g/mol. The maximum Gasteiger partial charge on any atom is 0.121 e. The summed E-state index contributed by atoms with van der Waals surface area (Å²) in [4.78, 5) is 0. The second-order valence-corrected chi connectivity index (χ2v) is 4.26. The molecule has 2 aromatic carbocycles. The number of hydrogen-bond donors (Lipinski definition) is 3. The summed E-state index contributed by atoms with van der Waals surface area (Å²) in [6.07, 6.45) is 0. The number of phenolic OH excluding ortho intramolecular Hbond substituents is 2. The van der Waals surface area contributed by atoms with Gasteiger partial charge in [0.15, 0.2) is 0 Å². The van der Waals surface area contributed by atoms with E-state index in [4.69, 9.17) is 0 Å². The molecule has 17 heavy (non-hydrogen) atoms. The van der Waals surface area contributed by atoms with Crippen LogP contribution in [0.3, 0.4) is 0 Å². The van der Waals surface area contributed by atoms with Crippen LogP contribution >= 0.6 is 0 Å². The van der Waals surface area contributed by atoms with Crippen molar-refractivity contribution in [2.45, 2.75) is 12.6 Å². The van der Waals surface area contributed by atoms with Gasteiger partial charge < -0.3 is 15.5 Å². The smallest absolute Gasteiger partial charge is 0.121 e. The number of benzene rings is 2. The first kappa shape index (κ1) is 10.2. The third-order valence-corrected chi connectivity index (χ3v) is 3.19. The Kier molecular flexibility index (Phi) is 2.27. The summed E-state index contributed by atoms with van der Waals surface area (Å²) >= 11 is 0. The Hall–Kier alpha value is -2.00. The van der Waals surface area contributed by atoms with Crippen LogP contribution in [0.1, 0.15) is 22.7 Å². The van der Waals surface area contributed by atoms with Crippen molar-refractivity contribution < 1.29 is 10.2 Å². The van der Waals surface area contributed by atoms with Crippen molar-refractivity contribution in [2.75, 3.05) is 0 Å². The average Bonchev–Trinajstić information content (AvgIpc) is 2.75. The van der Waals surface area contributed by atoms with Crippen molar-refractivity contribution in [3.05, 3.63) is 59.2 Å². The first-order valence-corrected chi connectivity index (χ1v) is 5.59. The van der Waals surface area contributed by atoms with Crippen molar-refractivity contribution in [2.24, 2.45) is 0 Å². The van der Waals surface area contributed by atoms with E-state index in [2.05, 4.69) is 5.32 Å². The zero-order chi connectivity index (χ0) is 11.8. The zero-order valence-corrected chi connectivity index (χ0v) is 9.22. The Labute approximate surface area is 99.4 Å². The molecule has 0 saturated heterocycles. The van der Waals surface area contributed by atoms with Gasteiger partial charge in [-0.15, -0.1) is 0 Å². The zero-order valence-electron chi connectivity index (χ0n) is 9.22. The van der Waals surface area contributed by atoms with Crippen LogP contribution in [0.4, 0.5) is 0 Å². The second-order valence-electron chi connectivity index (χ2n) is 4.26. The number of fused-ring (bicyclic) bond motifs is 1. The van der Waals surface area contributed by atoms with Gasteiger partial charge in [-0.05, 0) is 29.3 Å². The highest BCUT2D eigenvalue weighted by atomic mass is 16.3. The Balaban J connectivity index is 2.06. The minimum Gasteiger partial charge on any atom is -0.508 e. The van der Waals surface area contributed by atoms with Gasteiger partial charge in [0.1, 0.15) is 11.5 Å². The summed E-state index contributed by atoms with van der Waals surface area (Å²) in [5.74, 6) is 0.579. The van der Waals surface area contributed by atoms with Crippen molar-refractivity contribution in [3.8, 4) is 11.5 Å². The number of aromatic hydroxyl groups is 2. The Morgan fingerprint density at radius 1 is 1.00 bits per heavy atom. The van der Waals surface area contributed by atoms with E-state index in [1.807, 2.05) is 24.3 Å².